The molecule has 0 spiro atoms. The molecule has 0 aromatic heterocycles. The lowest BCUT2D eigenvalue weighted by atomic mass is 10.2. The van der Waals surface area contributed by atoms with Gasteiger partial charge in [-0.2, -0.15) is 0 Å². The van der Waals surface area contributed by atoms with Crippen LogP contribution in [0.2, 0.25) is 0 Å². The van der Waals surface area contributed by atoms with E-state index in [9.17, 15) is 9.59 Å². The Labute approximate surface area is 107 Å². The SMILES string of the molecule is COCCOCCC(=O)N(C1CC1)C(C)C(=O)O. The van der Waals surface area contributed by atoms with Crippen LogP contribution in [0.1, 0.15) is 26.2 Å². The Balaban J connectivity index is 2.34. The lowest BCUT2D eigenvalue weighted by molar-refractivity contribution is -0.150. The highest BCUT2D eigenvalue weighted by atomic mass is 16.5. The van der Waals surface area contributed by atoms with Gasteiger partial charge < -0.3 is 19.5 Å². The summed E-state index contributed by atoms with van der Waals surface area (Å²) in [5, 5.41) is 8.98. The van der Waals surface area contributed by atoms with E-state index in [1.54, 1.807) is 14.0 Å². The average Bonchev–Trinajstić information content (AvgIpc) is 3.13. The van der Waals surface area contributed by atoms with Crippen molar-refractivity contribution >= 4 is 11.9 Å². The molecule has 1 saturated carbocycles. The minimum Gasteiger partial charge on any atom is -0.480 e. The van der Waals surface area contributed by atoms with E-state index in [1.807, 2.05) is 0 Å². The largest absolute Gasteiger partial charge is 0.480 e. The zero-order valence-electron chi connectivity index (χ0n) is 10.9. The number of carbonyl (C=O) groups is 2. The zero-order valence-corrected chi connectivity index (χ0v) is 10.9. The molecule has 0 aromatic carbocycles. The highest BCUT2D eigenvalue weighted by Crippen LogP contribution is 2.29. The summed E-state index contributed by atoms with van der Waals surface area (Å²) in [6.07, 6.45) is 2.01. The maximum absolute atomic E-state index is 12.0. The number of carboxylic acids is 1. The predicted molar refractivity (Wildman–Crippen MR) is 64.3 cm³/mol. The summed E-state index contributed by atoms with van der Waals surface area (Å²) < 4.78 is 10.0. The van der Waals surface area contributed by atoms with Gasteiger partial charge in [0.1, 0.15) is 6.04 Å². The molecule has 1 N–H and O–H groups in total. The maximum Gasteiger partial charge on any atom is 0.326 e. The quantitative estimate of drug-likeness (QED) is 0.610. The molecule has 18 heavy (non-hydrogen) atoms. The van der Waals surface area contributed by atoms with Gasteiger partial charge in [-0.05, 0) is 19.8 Å². The van der Waals surface area contributed by atoms with Crippen LogP contribution in [0.4, 0.5) is 0 Å². The van der Waals surface area contributed by atoms with Crippen LogP contribution in [-0.4, -0.2) is 60.9 Å². The van der Waals surface area contributed by atoms with Crippen molar-refractivity contribution in [1.82, 2.24) is 4.90 Å². The fourth-order valence-electron chi connectivity index (χ4n) is 1.74. The van der Waals surface area contributed by atoms with E-state index in [1.165, 1.54) is 4.90 Å². The molecule has 1 aliphatic rings. The average molecular weight is 259 g/mol. The Kier molecular flexibility index (Phi) is 6.07. The van der Waals surface area contributed by atoms with Gasteiger partial charge in [-0.1, -0.05) is 0 Å². The van der Waals surface area contributed by atoms with E-state index in [-0.39, 0.29) is 18.4 Å². The number of rotatable bonds is 9. The molecule has 1 atom stereocenters. The minimum atomic E-state index is -0.962. The minimum absolute atomic E-state index is 0.0996. The van der Waals surface area contributed by atoms with Gasteiger partial charge in [-0.15, -0.1) is 0 Å². The molecule has 0 heterocycles. The first-order chi connectivity index (χ1) is 8.57. The van der Waals surface area contributed by atoms with Crippen molar-refractivity contribution in [2.45, 2.75) is 38.3 Å². The van der Waals surface area contributed by atoms with Crippen molar-refractivity contribution < 1.29 is 24.2 Å². The van der Waals surface area contributed by atoms with Crippen LogP contribution in [0.3, 0.4) is 0 Å². The van der Waals surface area contributed by atoms with Gasteiger partial charge in [-0.3, -0.25) is 4.79 Å². The van der Waals surface area contributed by atoms with E-state index < -0.39 is 12.0 Å². The number of methoxy groups -OCH3 is 1. The van der Waals surface area contributed by atoms with Gasteiger partial charge in [0, 0.05) is 13.2 Å². The van der Waals surface area contributed by atoms with Crippen LogP contribution >= 0.6 is 0 Å². The summed E-state index contributed by atoms with van der Waals surface area (Å²) in [6, 6.07) is -0.661. The maximum atomic E-state index is 12.0. The second-order valence-electron chi connectivity index (χ2n) is 4.40. The van der Waals surface area contributed by atoms with Crippen LogP contribution in [0.5, 0.6) is 0 Å². The van der Waals surface area contributed by atoms with E-state index in [0.717, 1.165) is 12.8 Å². The molecular formula is C12H21NO5. The van der Waals surface area contributed by atoms with Crippen molar-refractivity contribution in [3.63, 3.8) is 0 Å². The van der Waals surface area contributed by atoms with Crippen molar-refractivity contribution in [2.24, 2.45) is 0 Å². The molecule has 1 aliphatic carbocycles. The smallest absolute Gasteiger partial charge is 0.326 e. The first kappa shape index (κ1) is 14.9. The van der Waals surface area contributed by atoms with Crippen LogP contribution in [0.25, 0.3) is 0 Å². The molecule has 104 valence electrons. The number of carbonyl (C=O) groups excluding carboxylic acids is 1. The summed E-state index contributed by atoms with van der Waals surface area (Å²) in [6.45, 7) is 2.79. The van der Waals surface area contributed by atoms with Gasteiger partial charge in [0.05, 0.1) is 26.2 Å². The van der Waals surface area contributed by atoms with Gasteiger partial charge in [0.2, 0.25) is 5.91 Å². The summed E-state index contributed by atoms with van der Waals surface area (Å²) >= 11 is 0. The van der Waals surface area contributed by atoms with Crippen molar-refractivity contribution in [3.8, 4) is 0 Å². The lowest BCUT2D eigenvalue weighted by Crippen LogP contribution is -2.45. The molecule has 0 aromatic rings. The molecule has 0 saturated heterocycles. The molecule has 1 unspecified atom stereocenters. The van der Waals surface area contributed by atoms with Crippen LogP contribution < -0.4 is 0 Å². The Hall–Kier alpha value is -1.14. The van der Waals surface area contributed by atoms with Crippen LogP contribution in [0.15, 0.2) is 0 Å². The normalized spacial score (nSPS) is 16.3. The third-order valence-corrected chi connectivity index (χ3v) is 2.89. The van der Waals surface area contributed by atoms with Crippen molar-refractivity contribution in [2.75, 3.05) is 26.9 Å². The fourth-order valence-corrected chi connectivity index (χ4v) is 1.74. The molecule has 1 amide bonds. The molecule has 6 heteroatoms. The number of aliphatic carboxylic acids is 1. The van der Waals surface area contributed by atoms with Gasteiger partial charge in [-0.25, -0.2) is 4.79 Å². The summed E-state index contributed by atoms with van der Waals surface area (Å²) in [4.78, 5) is 24.4. The highest BCUT2D eigenvalue weighted by Gasteiger charge is 2.37. The number of amides is 1. The second kappa shape index (κ2) is 7.33. The van der Waals surface area contributed by atoms with E-state index in [4.69, 9.17) is 14.6 Å². The van der Waals surface area contributed by atoms with E-state index >= 15 is 0 Å². The number of ether oxygens (including phenoxy) is 2. The Morgan fingerprint density at radius 2 is 2.00 bits per heavy atom. The first-order valence-electron chi connectivity index (χ1n) is 6.18. The molecule has 0 bridgehead atoms. The molecule has 1 rings (SSSR count). The van der Waals surface area contributed by atoms with Crippen LogP contribution in [-0.2, 0) is 19.1 Å². The third kappa shape index (κ3) is 4.62. The monoisotopic (exact) mass is 259 g/mol. The van der Waals surface area contributed by atoms with E-state index in [2.05, 4.69) is 0 Å². The number of nitrogens with zero attached hydrogens (tertiary/aromatic N) is 1. The first-order valence-corrected chi connectivity index (χ1v) is 6.18. The van der Waals surface area contributed by atoms with E-state index in [0.29, 0.717) is 19.8 Å². The Morgan fingerprint density at radius 3 is 2.50 bits per heavy atom. The van der Waals surface area contributed by atoms with Gasteiger partial charge >= 0.3 is 5.97 Å². The highest BCUT2D eigenvalue weighted by molar-refractivity contribution is 5.84. The third-order valence-electron chi connectivity index (χ3n) is 2.89. The number of hydrogen-bond donors (Lipinski definition) is 1. The molecule has 0 radical (unpaired) electrons. The second-order valence-corrected chi connectivity index (χ2v) is 4.40. The summed E-state index contributed by atoms with van der Waals surface area (Å²) in [7, 11) is 1.58. The predicted octanol–water partition coefficient (Wildman–Crippen LogP) is 0.504. The summed E-state index contributed by atoms with van der Waals surface area (Å²) in [5.74, 6) is -1.11. The number of carboxylic acid groups (broad SMARTS) is 1. The van der Waals surface area contributed by atoms with Crippen LogP contribution in [0, 0.1) is 0 Å². The van der Waals surface area contributed by atoms with Crippen molar-refractivity contribution in [1.29, 1.82) is 0 Å². The number of hydrogen-bond acceptors (Lipinski definition) is 4. The molecular weight excluding hydrogens is 238 g/mol. The molecule has 1 fully saturated rings. The molecule has 0 aliphatic heterocycles. The standard InChI is InChI=1S/C12H21NO5/c1-9(12(15)16)13(10-3-4-10)11(14)5-6-18-8-7-17-2/h9-10H,3-8H2,1-2H3,(H,15,16). The summed E-state index contributed by atoms with van der Waals surface area (Å²) in [5.41, 5.74) is 0. The lowest BCUT2D eigenvalue weighted by Gasteiger charge is -2.26. The Bertz CT molecular complexity index is 290. The zero-order chi connectivity index (χ0) is 13.5. The topological polar surface area (TPSA) is 76.1 Å². The van der Waals surface area contributed by atoms with Crippen molar-refractivity contribution in [3.05, 3.63) is 0 Å². The Morgan fingerprint density at radius 1 is 1.33 bits per heavy atom. The molecule has 6 nitrogen and oxygen atoms in total. The van der Waals surface area contributed by atoms with Gasteiger partial charge in [0.15, 0.2) is 0 Å². The van der Waals surface area contributed by atoms with Gasteiger partial charge in [0.25, 0.3) is 0 Å². The fraction of sp³-hybridized carbons (Fsp3) is 0.833.